The van der Waals surface area contributed by atoms with Crippen LogP contribution in [-0.2, 0) is 13.6 Å². The fourth-order valence-electron chi connectivity index (χ4n) is 1.52. The maximum atomic E-state index is 11.8. The Bertz CT molecular complexity index is 563. The molecule has 2 aromatic rings. The third-order valence-corrected chi connectivity index (χ3v) is 2.60. The van der Waals surface area contributed by atoms with Crippen molar-refractivity contribution in [3.8, 4) is 0 Å². The molecule has 0 bridgehead atoms. The summed E-state index contributed by atoms with van der Waals surface area (Å²) >= 11 is 5.60. The van der Waals surface area contributed by atoms with E-state index in [-0.39, 0.29) is 16.8 Å². The second kappa shape index (κ2) is 5.14. The summed E-state index contributed by atoms with van der Waals surface area (Å²) in [5, 5.41) is 7.20. The van der Waals surface area contributed by atoms with Crippen molar-refractivity contribution in [1.82, 2.24) is 25.1 Å². The van der Waals surface area contributed by atoms with Crippen LogP contribution < -0.4 is 5.32 Å². The van der Waals surface area contributed by atoms with Crippen LogP contribution in [0, 0.1) is 6.92 Å². The van der Waals surface area contributed by atoms with Crippen LogP contribution in [-0.4, -0.2) is 25.7 Å². The van der Waals surface area contributed by atoms with E-state index in [2.05, 4.69) is 20.4 Å². The molecule has 0 unspecified atom stereocenters. The van der Waals surface area contributed by atoms with Crippen molar-refractivity contribution in [3.63, 3.8) is 0 Å². The third-order valence-electron chi connectivity index (χ3n) is 2.41. The highest BCUT2D eigenvalue weighted by molar-refractivity contribution is 6.29. The highest BCUT2D eigenvalue weighted by Crippen LogP contribution is 2.05. The standard InChI is InChI=1S/C11H12ClN5O/c1-7-8(6-17(2)16-7)3-15-11(18)9-4-14-10(12)5-13-9/h4-6H,3H2,1-2H3,(H,15,18). The van der Waals surface area contributed by atoms with E-state index in [0.717, 1.165) is 11.3 Å². The number of carbonyl (C=O) groups excluding carboxylic acids is 1. The van der Waals surface area contributed by atoms with Gasteiger partial charge < -0.3 is 5.32 Å². The van der Waals surface area contributed by atoms with Gasteiger partial charge in [0, 0.05) is 25.4 Å². The second-order valence-electron chi connectivity index (χ2n) is 3.82. The summed E-state index contributed by atoms with van der Waals surface area (Å²) < 4.78 is 1.71. The Morgan fingerprint density at radius 1 is 1.44 bits per heavy atom. The molecule has 0 aliphatic carbocycles. The van der Waals surface area contributed by atoms with Crippen molar-refractivity contribution in [2.24, 2.45) is 7.05 Å². The number of rotatable bonds is 3. The molecule has 1 N–H and O–H groups in total. The first-order valence-electron chi connectivity index (χ1n) is 5.31. The quantitative estimate of drug-likeness (QED) is 0.902. The van der Waals surface area contributed by atoms with Gasteiger partial charge in [0.15, 0.2) is 0 Å². The molecular weight excluding hydrogens is 254 g/mol. The van der Waals surface area contributed by atoms with Gasteiger partial charge in [-0.3, -0.25) is 9.48 Å². The molecular formula is C11H12ClN5O. The molecule has 6 nitrogen and oxygen atoms in total. The molecule has 0 aliphatic rings. The number of hydrogen-bond acceptors (Lipinski definition) is 4. The smallest absolute Gasteiger partial charge is 0.271 e. The predicted molar refractivity (Wildman–Crippen MR) is 66.2 cm³/mol. The minimum Gasteiger partial charge on any atom is -0.346 e. The number of aryl methyl sites for hydroxylation is 2. The predicted octanol–water partition coefficient (Wildman–Crippen LogP) is 1.10. The number of nitrogens with one attached hydrogen (secondary N) is 1. The summed E-state index contributed by atoms with van der Waals surface area (Å²) in [5.41, 5.74) is 2.09. The van der Waals surface area contributed by atoms with E-state index < -0.39 is 0 Å². The number of amides is 1. The highest BCUT2D eigenvalue weighted by Gasteiger charge is 2.09. The minimum atomic E-state index is -0.289. The molecule has 0 fully saturated rings. The number of hydrogen-bond donors (Lipinski definition) is 1. The van der Waals surface area contributed by atoms with E-state index in [1.807, 2.05) is 20.2 Å². The summed E-state index contributed by atoms with van der Waals surface area (Å²) in [6, 6.07) is 0. The van der Waals surface area contributed by atoms with Gasteiger partial charge >= 0.3 is 0 Å². The summed E-state index contributed by atoms with van der Waals surface area (Å²) in [4.78, 5) is 19.5. The number of carbonyl (C=O) groups is 1. The van der Waals surface area contributed by atoms with Gasteiger partial charge in [0.2, 0.25) is 0 Å². The van der Waals surface area contributed by atoms with Crippen LogP contribution >= 0.6 is 11.6 Å². The van der Waals surface area contributed by atoms with Crippen LogP contribution in [0.4, 0.5) is 0 Å². The molecule has 2 heterocycles. The van der Waals surface area contributed by atoms with E-state index >= 15 is 0 Å². The van der Waals surface area contributed by atoms with Gasteiger partial charge in [-0.1, -0.05) is 11.6 Å². The van der Waals surface area contributed by atoms with E-state index in [1.165, 1.54) is 12.4 Å². The molecule has 0 aliphatic heterocycles. The summed E-state index contributed by atoms with van der Waals surface area (Å²) in [7, 11) is 1.84. The summed E-state index contributed by atoms with van der Waals surface area (Å²) in [6.07, 6.45) is 4.54. The molecule has 0 saturated heterocycles. The van der Waals surface area contributed by atoms with Gasteiger partial charge in [-0.15, -0.1) is 0 Å². The van der Waals surface area contributed by atoms with Crippen LogP contribution in [0.15, 0.2) is 18.6 Å². The van der Waals surface area contributed by atoms with Gasteiger partial charge in [-0.25, -0.2) is 9.97 Å². The van der Waals surface area contributed by atoms with Gasteiger partial charge in [-0.05, 0) is 6.92 Å². The lowest BCUT2D eigenvalue weighted by molar-refractivity contribution is 0.0945. The Labute approximate surface area is 109 Å². The first-order valence-corrected chi connectivity index (χ1v) is 5.69. The van der Waals surface area contributed by atoms with Crippen molar-refractivity contribution >= 4 is 17.5 Å². The molecule has 18 heavy (non-hydrogen) atoms. The molecule has 0 atom stereocenters. The van der Waals surface area contributed by atoms with E-state index in [9.17, 15) is 4.79 Å². The van der Waals surface area contributed by atoms with Crippen LogP contribution in [0.2, 0.25) is 5.15 Å². The first-order chi connectivity index (χ1) is 8.56. The van der Waals surface area contributed by atoms with Crippen molar-refractivity contribution in [3.05, 3.63) is 40.7 Å². The molecule has 0 saturated carbocycles. The zero-order valence-electron chi connectivity index (χ0n) is 10.0. The Hall–Kier alpha value is -1.95. The number of halogens is 1. The van der Waals surface area contributed by atoms with E-state index in [1.54, 1.807) is 4.68 Å². The van der Waals surface area contributed by atoms with Crippen LogP contribution in [0.3, 0.4) is 0 Å². The molecule has 1 amide bonds. The van der Waals surface area contributed by atoms with Gasteiger partial charge in [-0.2, -0.15) is 5.10 Å². The second-order valence-corrected chi connectivity index (χ2v) is 4.21. The topological polar surface area (TPSA) is 72.7 Å². The van der Waals surface area contributed by atoms with Gasteiger partial charge in [0.25, 0.3) is 5.91 Å². The summed E-state index contributed by atoms with van der Waals surface area (Å²) in [6.45, 7) is 2.30. The lowest BCUT2D eigenvalue weighted by atomic mass is 10.2. The van der Waals surface area contributed by atoms with Gasteiger partial charge in [0.05, 0.1) is 18.1 Å². The highest BCUT2D eigenvalue weighted by atomic mass is 35.5. The lowest BCUT2D eigenvalue weighted by Gasteiger charge is -2.03. The lowest BCUT2D eigenvalue weighted by Crippen LogP contribution is -2.24. The molecule has 0 spiro atoms. The Morgan fingerprint density at radius 2 is 2.22 bits per heavy atom. The van der Waals surface area contributed by atoms with Gasteiger partial charge in [0.1, 0.15) is 10.8 Å². The number of nitrogens with zero attached hydrogens (tertiary/aromatic N) is 4. The monoisotopic (exact) mass is 265 g/mol. The fourth-order valence-corrected chi connectivity index (χ4v) is 1.62. The van der Waals surface area contributed by atoms with Crippen molar-refractivity contribution in [1.29, 1.82) is 0 Å². The van der Waals surface area contributed by atoms with E-state index in [0.29, 0.717) is 6.54 Å². The Kier molecular flexibility index (Phi) is 3.57. The zero-order valence-corrected chi connectivity index (χ0v) is 10.8. The Morgan fingerprint density at radius 3 is 2.78 bits per heavy atom. The maximum Gasteiger partial charge on any atom is 0.271 e. The molecule has 94 valence electrons. The molecule has 7 heteroatoms. The van der Waals surface area contributed by atoms with Crippen LogP contribution in [0.1, 0.15) is 21.7 Å². The Balaban J connectivity index is 2.00. The maximum absolute atomic E-state index is 11.8. The third kappa shape index (κ3) is 2.84. The largest absolute Gasteiger partial charge is 0.346 e. The molecule has 2 aromatic heterocycles. The van der Waals surface area contributed by atoms with Crippen LogP contribution in [0.5, 0.6) is 0 Å². The fraction of sp³-hybridized carbons (Fsp3) is 0.273. The normalized spacial score (nSPS) is 10.4. The number of aromatic nitrogens is 4. The molecule has 2 rings (SSSR count). The minimum absolute atomic E-state index is 0.237. The van der Waals surface area contributed by atoms with Crippen molar-refractivity contribution < 1.29 is 4.79 Å². The average Bonchev–Trinajstić information content (AvgIpc) is 2.66. The van der Waals surface area contributed by atoms with Crippen LogP contribution in [0.25, 0.3) is 0 Å². The van der Waals surface area contributed by atoms with E-state index in [4.69, 9.17) is 11.6 Å². The first kappa shape index (κ1) is 12.5. The molecule has 0 aromatic carbocycles. The van der Waals surface area contributed by atoms with Crippen molar-refractivity contribution in [2.75, 3.05) is 0 Å². The zero-order chi connectivity index (χ0) is 13.1. The summed E-state index contributed by atoms with van der Waals surface area (Å²) in [5.74, 6) is -0.289. The molecule has 0 radical (unpaired) electrons. The average molecular weight is 266 g/mol. The SMILES string of the molecule is Cc1nn(C)cc1CNC(=O)c1cnc(Cl)cn1. The van der Waals surface area contributed by atoms with Crippen molar-refractivity contribution in [2.45, 2.75) is 13.5 Å².